The molecule has 8 nitrogen and oxygen atoms in total. The molecule has 0 saturated carbocycles. The van der Waals surface area contributed by atoms with Crippen molar-refractivity contribution in [1.29, 1.82) is 0 Å². The molecule has 0 aliphatic carbocycles. The van der Waals surface area contributed by atoms with Crippen LogP contribution in [-0.2, 0) is 26.2 Å². The Morgan fingerprint density at radius 2 is 1.60 bits per heavy atom. The van der Waals surface area contributed by atoms with Crippen molar-refractivity contribution in [2.75, 3.05) is 24.5 Å². The number of carbonyl (C=O) groups is 2. The number of hydrogen-bond donors (Lipinski definition) is 1. The van der Waals surface area contributed by atoms with Crippen LogP contribution in [0.4, 0.5) is 5.69 Å². The summed E-state index contributed by atoms with van der Waals surface area (Å²) in [6, 6.07) is 18.3. The van der Waals surface area contributed by atoms with Crippen LogP contribution in [0.1, 0.15) is 42.5 Å². The van der Waals surface area contributed by atoms with Crippen LogP contribution in [0.5, 0.6) is 5.75 Å². The molecular weight excluding hydrogens is 526 g/mol. The fourth-order valence-corrected chi connectivity index (χ4v) is 5.73. The van der Waals surface area contributed by atoms with Gasteiger partial charge in [0.25, 0.3) is 10.0 Å². The van der Waals surface area contributed by atoms with Crippen molar-refractivity contribution >= 4 is 27.5 Å². The predicted molar refractivity (Wildman–Crippen MR) is 158 cm³/mol. The van der Waals surface area contributed by atoms with Gasteiger partial charge in [-0.05, 0) is 81.1 Å². The van der Waals surface area contributed by atoms with E-state index in [-0.39, 0.29) is 17.3 Å². The molecule has 0 aliphatic heterocycles. The molecule has 0 unspecified atom stereocenters. The zero-order valence-corrected chi connectivity index (χ0v) is 24.9. The molecular formula is C31H39N3O5S. The molecule has 3 aromatic carbocycles. The Kier molecular flexibility index (Phi) is 10.3. The van der Waals surface area contributed by atoms with Crippen molar-refractivity contribution in [3.8, 4) is 5.75 Å². The highest BCUT2D eigenvalue weighted by atomic mass is 32.2. The zero-order valence-electron chi connectivity index (χ0n) is 24.1. The fraction of sp³-hybridized carbons (Fsp3) is 0.355. The number of ether oxygens (including phenoxy) is 1. The Balaban J connectivity index is 2.05. The van der Waals surface area contributed by atoms with Gasteiger partial charge >= 0.3 is 0 Å². The lowest BCUT2D eigenvalue weighted by Crippen LogP contribution is -2.51. The van der Waals surface area contributed by atoms with Crippen LogP contribution >= 0.6 is 0 Å². The normalized spacial score (nSPS) is 11.9. The molecule has 1 N–H and O–H groups in total. The molecule has 40 heavy (non-hydrogen) atoms. The lowest BCUT2D eigenvalue weighted by molar-refractivity contribution is -0.139. The SMILES string of the molecule is CCCNC(=O)[C@H](C)N(Cc1ccc(OC)cc1)C(=O)CN(c1cccc(C)c1C)S(=O)(=O)c1ccc(C)cc1. The summed E-state index contributed by atoms with van der Waals surface area (Å²) >= 11 is 0. The maximum Gasteiger partial charge on any atom is 0.264 e. The highest BCUT2D eigenvalue weighted by molar-refractivity contribution is 7.92. The minimum Gasteiger partial charge on any atom is -0.497 e. The molecule has 2 amide bonds. The molecule has 0 heterocycles. The Labute approximate surface area is 238 Å². The first-order valence-corrected chi connectivity index (χ1v) is 14.8. The Bertz CT molecular complexity index is 1420. The number of carbonyl (C=O) groups excluding carboxylic acids is 2. The summed E-state index contributed by atoms with van der Waals surface area (Å²) in [5.41, 5.74) is 3.77. The molecule has 0 aliphatic rings. The van der Waals surface area contributed by atoms with E-state index in [1.807, 2.05) is 45.9 Å². The second kappa shape index (κ2) is 13.5. The fourth-order valence-electron chi connectivity index (χ4n) is 4.26. The number of hydrogen-bond acceptors (Lipinski definition) is 5. The van der Waals surface area contributed by atoms with E-state index in [9.17, 15) is 18.0 Å². The molecule has 0 radical (unpaired) electrons. The number of amides is 2. The van der Waals surface area contributed by atoms with Gasteiger partial charge in [-0.25, -0.2) is 8.42 Å². The van der Waals surface area contributed by atoms with E-state index in [4.69, 9.17) is 4.74 Å². The molecule has 0 bridgehead atoms. The van der Waals surface area contributed by atoms with Crippen LogP contribution in [0.25, 0.3) is 0 Å². The topological polar surface area (TPSA) is 96.0 Å². The van der Waals surface area contributed by atoms with E-state index in [2.05, 4.69) is 5.32 Å². The third-order valence-electron chi connectivity index (χ3n) is 6.96. The van der Waals surface area contributed by atoms with E-state index in [0.29, 0.717) is 18.0 Å². The largest absolute Gasteiger partial charge is 0.497 e. The number of methoxy groups -OCH3 is 1. The van der Waals surface area contributed by atoms with Gasteiger partial charge in [-0.3, -0.25) is 13.9 Å². The van der Waals surface area contributed by atoms with Crippen molar-refractivity contribution in [3.63, 3.8) is 0 Å². The summed E-state index contributed by atoms with van der Waals surface area (Å²) in [4.78, 5) is 28.5. The zero-order chi connectivity index (χ0) is 29.4. The molecule has 9 heteroatoms. The van der Waals surface area contributed by atoms with E-state index in [0.717, 1.165) is 33.0 Å². The summed E-state index contributed by atoms with van der Waals surface area (Å²) in [5, 5.41) is 2.85. The number of anilines is 1. The molecule has 0 spiro atoms. The van der Waals surface area contributed by atoms with Gasteiger partial charge in [0.05, 0.1) is 17.7 Å². The minimum absolute atomic E-state index is 0.0854. The predicted octanol–water partition coefficient (Wildman–Crippen LogP) is 4.76. The van der Waals surface area contributed by atoms with Crippen LogP contribution in [0.2, 0.25) is 0 Å². The second-order valence-corrected chi connectivity index (χ2v) is 11.7. The van der Waals surface area contributed by atoms with Gasteiger partial charge < -0.3 is 15.0 Å². The molecule has 3 rings (SSSR count). The molecule has 214 valence electrons. The summed E-state index contributed by atoms with van der Waals surface area (Å²) < 4.78 is 34.4. The lowest BCUT2D eigenvalue weighted by Gasteiger charge is -2.32. The maximum absolute atomic E-state index is 14.0. The van der Waals surface area contributed by atoms with Crippen molar-refractivity contribution < 1.29 is 22.7 Å². The van der Waals surface area contributed by atoms with Crippen molar-refractivity contribution in [2.45, 2.75) is 58.5 Å². The number of nitrogens with one attached hydrogen (secondary N) is 1. The van der Waals surface area contributed by atoms with E-state index in [1.54, 1.807) is 62.6 Å². The maximum atomic E-state index is 14.0. The third-order valence-corrected chi connectivity index (χ3v) is 8.74. The average molecular weight is 566 g/mol. The average Bonchev–Trinajstić information content (AvgIpc) is 2.95. The monoisotopic (exact) mass is 565 g/mol. The van der Waals surface area contributed by atoms with Gasteiger partial charge in [-0.2, -0.15) is 0 Å². The number of rotatable bonds is 12. The van der Waals surface area contributed by atoms with Crippen LogP contribution < -0.4 is 14.4 Å². The molecule has 0 fully saturated rings. The first-order valence-electron chi connectivity index (χ1n) is 13.3. The summed E-state index contributed by atoms with van der Waals surface area (Å²) in [6.45, 7) is 9.34. The van der Waals surface area contributed by atoms with Gasteiger partial charge in [0.1, 0.15) is 18.3 Å². The lowest BCUT2D eigenvalue weighted by atomic mass is 10.1. The van der Waals surface area contributed by atoms with Crippen LogP contribution in [0.15, 0.2) is 71.6 Å². The third kappa shape index (κ3) is 7.21. The van der Waals surface area contributed by atoms with Gasteiger partial charge in [0.2, 0.25) is 11.8 Å². The van der Waals surface area contributed by atoms with E-state index in [1.165, 1.54) is 4.90 Å². The van der Waals surface area contributed by atoms with Gasteiger partial charge in [0, 0.05) is 13.1 Å². The van der Waals surface area contributed by atoms with Crippen LogP contribution in [0, 0.1) is 20.8 Å². The van der Waals surface area contributed by atoms with Gasteiger partial charge in [0.15, 0.2) is 0 Å². The number of sulfonamides is 1. The summed E-state index contributed by atoms with van der Waals surface area (Å²) in [6.07, 6.45) is 0.750. The van der Waals surface area contributed by atoms with Crippen LogP contribution in [0.3, 0.4) is 0 Å². The Morgan fingerprint density at radius 3 is 2.20 bits per heavy atom. The first kappa shape index (κ1) is 30.7. The minimum atomic E-state index is -4.11. The highest BCUT2D eigenvalue weighted by Crippen LogP contribution is 2.29. The van der Waals surface area contributed by atoms with Gasteiger partial charge in [-0.1, -0.05) is 48.9 Å². The Hall–Kier alpha value is -3.85. The van der Waals surface area contributed by atoms with Gasteiger partial charge in [-0.15, -0.1) is 0 Å². The molecule has 0 aromatic heterocycles. The standard InChI is InChI=1S/C31H39N3O5S/c1-7-19-32-31(36)25(5)33(20-26-13-15-27(39-6)16-14-26)30(35)21-34(29-10-8-9-23(3)24(29)4)40(37,38)28-17-11-22(2)12-18-28/h8-18,25H,7,19-21H2,1-6H3,(H,32,36)/t25-/m0/s1. The van der Waals surface area contributed by atoms with Crippen molar-refractivity contribution in [2.24, 2.45) is 0 Å². The molecule has 3 aromatic rings. The van der Waals surface area contributed by atoms with Crippen molar-refractivity contribution in [3.05, 3.63) is 89.0 Å². The van der Waals surface area contributed by atoms with Crippen molar-refractivity contribution in [1.82, 2.24) is 10.2 Å². The highest BCUT2D eigenvalue weighted by Gasteiger charge is 2.33. The number of benzene rings is 3. The quantitative estimate of drug-likeness (QED) is 0.342. The van der Waals surface area contributed by atoms with E-state index >= 15 is 0 Å². The smallest absolute Gasteiger partial charge is 0.264 e. The molecule has 0 saturated heterocycles. The number of aryl methyl sites for hydroxylation is 2. The first-order chi connectivity index (χ1) is 19.0. The van der Waals surface area contributed by atoms with Crippen LogP contribution in [-0.4, -0.2) is 51.4 Å². The summed E-state index contributed by atoms with van der Waals surface area (Å²) in [7, 11) is -2.54. The van der Waals surface area contributed by atoms with E-state index < -0.39 is 28.5 Å². The number of nitrogens with zero attached hydrogens (tertiary/aromatic N) is 2. The summed E-state index contributed by atoms with van der Waals surface area (Å²) in [5.74, 6) is -0.129. The molecule has 1 atom stereocenters. The second-order valence-electron chi connectivity index (χ2n) is 9.88. The Morgan fingerprint density at radius 1 is 0.950 bits per heavy atom.